The van der Waals surface area contributed by atoms with Crippen LogP contribution in [0.5, 0.6) is 0 Å². The summed E-state index contributed by atoms with van der Waals surface area (Å²) in [6, 6.07) is 1.95. The van der Waals surface area contributed by atoms with Gasteiger partial charge in [0.15, 0.2) is 0 Å². The van der Waals surface area contributed by atoms with Crippen molar-refractivity contribution in [1.29, 1.82) is 0 Å². The Kier molecular flexibility index (Phi) is 4.37. The van der Waals surface area contributed by atoms with Crippen LogP contribution >= 0.6 is 0 Å². The minimum Gasteiger partial charge on any atom is -0.363 e. The largest absolute Gasteiger partial charge is 0.363 e. The van der Waals surface area contributed by atoms with Crippen LogP contribution in [0.3, 0.4) is 0 Å². The average Bonchev–Trinajstić information content (AvgIpc) is 3.08. The number of aromatic amines is 1. The smallest absolute Gasteiger partial charge is 0.234 e. The molecule has 0 bridgehead atoms. The fraction of sp³-hybridized carbons (Fsp3) is 0.500. The number of carbonyl (C=O) groups is 1. The van der Waals surface area contributed by atoms with Crippen LogP contribution in [0.4, 0.5) is 17.6 Å². The van der Waals surface area contributed by atoms with Crippen molar-refractivity contribution in [3.63, 3.8) is 0 Å². The molecule has 24 heavy (non-hydrogen) atoms. The zero-order chi connectivity index (χ0) is 17.2. The van der Waals surface area contributed by atoms with Gasteiger partial charge in [-0.15, -0.1) is 0 Å². The first-order chi connectivity index (χ1) is 11.5. The van der Waals surface area contributed by atoms with Crippen LogP contribution in [-0.4, -0.2) is 53.0 Å². The predicted molar refractivity (Wildman–Crippen MR) is 93.1 cm³/mol. The van der Waals surface area contributed by atoms with Gasteiger partial charge in [0.2, 0.25) is 11.9 Å². The lowest BCUT2D eigenvalue weighted by atomic mass is 9.81. The first-order valence-corrected chi connectivity index (χ1v) is 8.03. The zero-order valence-electron chi connectivity index (χ0n) is 14.3. The van der Waals surface area contributed by atoms with E-state index in [1.807, 2.05) is 32.0 Å². The van der Waals surface area contributed by atoms with E-state index >= 15 is 0 Å². The number of rotatable bonds is 4. The highest BCUT2D eigenvalue weighted by Gasteiger charge is 2.38. The van der Waals surface area contributed by atoms with Crippen LogP contribution in [0.1, 0.15) is 19.8 Å². The number of carbonyl (C=O) groups excluding carboxylic acids is 1. The fourth-order valence-corrected chi connectivity index (χ4v) is 2.97. The summed E-state index contributed by atoms with van der Waals surface area (Å²) in [6.07, 6.45) is 6.65. The maximum atomic E-state index is 12.7. The number of nitrogens with one attached hydrogen (secondary N) is 2. The quantitative estimate of drug-likeness (QED) is 0.884. The first-order valence-electron chi connectivity index (χ1n) is 8.03. The molecule has 1 atom stereocenters. The monoisotopic (exact) mass is 329 g/mol. The second kappa shape index (κ2) is 6.46. The average molecular weight is 329 g/mol. The van der Waals surface area contributed by atoms with Crippen molar-refractivity contribution in [2.45, 2.75) is 19.8 Å². The normalized spacial score (nSPS) is 20.7. The lowest BCUT2D eigenvalue weighted by Crippen LogP contribution is -2.48. The Balaban J connectivity index is 1.75. The van der Waals surface area contributed by atoms with E-state index < -0.39 is 5.41 Å². The summed E-state index contributed by atoms with van der Waals surface area (Å²) in [5.74, 6) is 2.16. The lowest BCUT2D eigenvalue weighted by molar-refractivity contribution is -0.125. The van der Waals surface area contributed by atoms with Crippen molar-refractivity contribution in [3.8, 4) is 0 Å². The maximum absolute atomic E-state index is 12.7. The standard InChI is InChI=1S/C16H23N7O/c1-16(14(24)21-15-17-6-7-18-15)5-4-8-23(10-16)13-9-12(22(2)3)19-11-20-13/h6-7,9,11H,4-5,8,10H2,1-3H3,(H2,17,18,21,24)/t16-/m1/s1. The van der Waals surface area contributed by atoms with Gasteiger partial charge in [-0.1, -0.05) is 0 Å². The van der Waals surface area contributed by atoms with Gasteiger partial charge >= 0.3 is 0 Å². The van der Waals surface area contributed by atoms with Crippen molar-refractivity contribution < 1.29 is 4.79 Å². The number of anilines is 3. The lowest BCUT2D eigenvalue weighted by Gasteiger charge is -2.39. The molecule has 0 aromatic carbocycles. The molecule has 1 fully saturated rings. The molecule has 1 saturated heterocycles. The van der Waals surface area contributed by atoms with Crippen LogP contribution in [0.15, 0.2) is 24.8 Å². The molecule has 1 amide bonds. The second-order valence-electron chi connectivity index (χ2n) is 6.61. The van der Waals surface area contributed by atoms with E-state index in [0.29, 0.717) is 12.5 Å². The summed E-state index contributed by atoms with van der Waals surface area (Å²) in [4.78, 5) is 32.4. The highest BCUT2D eigenvalue weighted by molar-refractivity contribution is 5.94. The predicted octanol–water partition coefficient (Wildman–Crippen LogP) is 1.51. The molecule has 3 heterocycles. The van der Waals surface area contributed by atoms with Gasteiger partial charge in [0.05, 0.1) is 5.41 Å². The number of piperidine rings is 1. The number of imidazole rings is 1. The third-order valence-corrected chi connectivity index (χ3v) is 4.40. The van der Waals surface area contributed by atoms with Crippen LogP contribution in [-0.2, 0) is 4.79 Å². The Bertz CT molecular complexity index is 700. The molecule has 0 radical (unpaired) electrons. The van der Waals surface area contributed by atoms with Crippen LogP contribution in [0, 0.1) is 5.41 Å². The molecule has 0 saturated carbocycles. The molecule has 0 spiro atoms. The summed E-state index contributed by atoms with van der Waals surface area (Å²) in [6.45, 7) is 3.49. The third kappa shape index (κ3) is 3.32. The topological polar surface area (TPSA) is 90.0 Å². The molecule has 0 aliphatic carbocycles. The number of aromatic nitrogens is 4. The van der Waals surface area contributed by atoms with Crippen molar-refractivity contribution in [2.24, 2.45) is 5.41 Å². The SMILES string of the molecule is CN(C)c1cc(N2CCC[C@@](C)(C(=O)Nc3ncc[nH]3)C2)ncn1. The molecule has 1 aliphatic rings. The highest BCUT2D eigenvalue weighted by atomic mass is 16.2. The van der Waals surface area contributed by atoms with E-state index in [1.165, 1.54) is 0 Å². The summed E-state index contributed by atoms with van der Waals surface area (Å²) >= 11 is 0. The Morgan fingerprint density at radius 1 is 1.38 bits per heavy atom. The van der Waals surface area contributed by atoms with Crippen molar-refractivity contribution in [2.75, 3.05) is 42.3 Å². The number of hydrogen-bond acceptors (Lipinski definition) is 6. The summed E-state index contributed by atoms with van der Waals surface area (Å²) < 4.78 is 0. The third-order valence-electron chi connectivity index (χ3n) is 4.40. The maximum Gasteiger partial charge on any atom is 0.234 e. The van der Waals surface area contributed by atoms with E-state index in [0.717, 1.165) is 31.0 Å². The Morgan fingerprint density at radius 3 is 2.92 bits per heavy atom. The molecule has 0 unspecified atom stereocenters. The number of hydrogen-bond donors (Lipinski definition) is 2. The van der Waals surface area contributed by atoms with Crippen molar-refractivity contribution in [1.82, 2.24) is 19.9 Å². The molecule has 8 nitrogen and oxygen atoms in total. The molecule has 128 valence electrons. The Hall–Kier alpha value is -2.64. The van der Waals surface area contributed by atoms with Gasteiger partial charge in [-0.2, -0.15) is 0 Å². The summed E-state index contributed by atoms with van der Waals surface area (Å²) in [5.41, 5.74) is -0.492. The minimum absolute atomic E-state index is 0.0240. The van der Waals surface area contributed by atoms with Gasteiger partial charge < -0.3 is 14.8 Å². The highest BCUT2D eigenvalue weighted by Crippen LogP contribution is 2.33. The van der Waals surface area contributed by atoms with Gasteiger partial charge in [0.25, 0.3) is 0 Å². The molecule has 2 aromatic heterocycles. The number of nitrogens with zero attached hydrogens (tertiary/aromatic N) is 5. The molecular weight excluding hydrogens is 306 g/mol. The van der Waals surface area contributed by atoms with E-state index in [2.05, 4.69) is 30.2 Å². The van der Waals surface area contributed by atoms with Gasteiger partial charge in [-0.25, -0.2) is 15.0 Å². The van der Waals surface area contributed by atoms with E-state index in [4.69, 9.17) is 0 Å². The zero-order valence-corrected chi connectivity index (χ0v) is 14.3. The van der Waals surface area contributed by atoms with Crippen LogP contribution < -0.4 is 15.1 Å². The van der Waals surface area contributed by atoms with Crippen molar-refractivity contribution >= 4 is 23.5 Å². The number of amides is 1. The van der Waals surface area contributed by atoms with Gasteiger partial charge in [0, 0.05) is 45.6 Å². The van der Waals surface area contributed by atoms with Crippen LogP contribution in [0.2, 0.25) is 0 Å². The first kappa shape index (κ1) is 16.2. The molecule has 2 N–H and O–H groups in total. The van der Waals surface area contributed by atoms with Crippen molar-refractivity contribution in [3.05, 3.63) is 24.8 Å². The molecule has 2 aromatic rings. The van der Waals surface area contributed by atoms with E-state index in [-0.39, 0.29) is 5.91 Å². The summed E-state index contributed by atoms with van der Waals surface area (Å²) in [5, 5.41) is 2.86. The van der Waals surface area contributed by atoms with E-state index in [1.54, 1.807) is 18.7 Å². The molecule has 3 rings (SSSR count). The summed E-state index contributed by atoms with van der Waals surface area (Å²) in [7, 11) is 3.90. The van der Waals surface area contributed by atoms with Gasteiger partial charge in [0.1, 0.15) is 18.0 Å². The Labute approximate surface area is 141 Å². The Morgan fingerprint density at radius 2 is 2.21 bits per heavy atom. The minimum atomic E-state index is -0.492. The second-order valence-corrected chi connectivity index (χ2v) is 6.61. The molecular formula is C16H23N7O. The van der Waals surface area contributed by atoms with Crippen LogP contribution in [0.25, 0.3) is 0 Å². The molecule has 1 aliphatic heterocycles. The van der Waals surface area contributed by atoms with E-state index in [9.17, 15) is 4.79 Å². The fourth-order valence-electron chi connectivity index (χ4n) is 2.97. The van der Waals surface area contributed by atoms with Gasteiger partial charge in [-0.05, 0) is 19.8 Å². The van der Waals surface area contributed by atoms with Gasteiger partial charge in [-0.3, -0.25) is 10.1 Å². The molecule has 8 heteroatoms. The number of H-pyrrole nitrogens is 1.